The summed E-state index contributed by atoms with van der Waals surface area (Å²) < 4.78 is 31.4. The third-order valence-corrected chi connectivity index (χ3v) is 3.47. The van der Waals surface area contributed by atoms with Crippen molar-refractivity contribution in [3.8, 4) is 5.75 Å². The van der Waals surface area contributed by atoms with Gasteiger partial charge in [0.1, 0.15) is 10.6 Å². The number of ether oxygens (including phenoxy) is 1. The Morgan fingerprint density at radius 1 is 1.35 bits per heavy atom. The normalized spacial score (nSPS) is 11.1. The van der Waals surface area contributed by atoms with Crippen LogP contribution in [0.4, 0.5) is 5.95 Å². The molecule has 6 nitrogen and oxygen atoms in total. The van der Waals surface area contributed by atoms with Crippen LogP contribution in [-0.4, -0.2) is 25.5 Å². The van der Waals surface area contributed by atoms with Crippen molar-refractivity contribution in [3.05, 3.63) is 36.7 Å². The van der Waals surface area contributed by atoms with Crippen molar-refractivity contribution in [2.45, 2.75) is 4.90 Å². The Morgan fingerprint density at radius 3 is 2.76 bits per heavy atom. The van der Waals surface area contributed by atoms with Gasteiger partial charge in [0.15, 0.2) is 0 Å². The highest BCUT2D eigenvalue weighted by Crippen LogP contribution is 2.24. The summed E-state index contributed by atoms with van der Waals surface area (Å²) in [5.41, 5.74) is 0. The Balaban J connectivity index is 2.38. The average Bonchev–Trinajstić information content (AvgIpc) is 2.81. The minimum absolute atomic E-state index is 0.0684. The van der Waals surface area contributed by atoms with Crippen LogP contribution in [0.25, 0.3) is 0 Å². The quantitative estimate of drug-likeness (QED) is 0.858. The lowest BCUT2D eigenvalue weighted by molar-refractivity contribution is 0.403. The van der Waals surface area contributed by atoms with E-state index in [1.54, 1.807) is 18.2 Å². The van der Waals surface area contributed by atoms with Crippen LogP contribution in [0.2, 0.25) is 0 Å². The minimum atomic E-state index is -3.69. The highest BCUT2D eigenvalue weighted by molar-refractivity contribution is 7.92. The van der Waals surface area contributed by atoms with E-state index in [-0.39, 0.29) is 16.6 Å². The maximum Gasteiger partial charge on any atom is 0.267 e. The van der Waals surface area contributed by atoms with Crippen LogP contribution in [0.3, 0.4) is 0 Å². The molecule has 2 rings (SSSR count). The van der Waals surface area contributed by atoms with Crippen LogP contribution in [0.15, 0.2) is 41.6 Å². The van der Waals surface area contributed by atoms with Crippen LogP contribution in [0.5, 0.6) is 5.75 Å². The second-order valence-corrected chi connectivity index (χ2v) is 4.84. The Bertz CT molecular complexity index is 593. The first-order valence-electron chi connectivity index (χ1n) is 4.79. The van der Waals surface area contributed by atoms with Gasteiger partial charge in [0.25, 0.3) is 10.0 Å². The molecule has 0 saturated heterocycles. The first kappa shape index (κ1) is 11.5. The number of sulfonamides is 1. The SMILES string of the molecule is COc1ccccc1S(=O)(=O)Nc1ncc[nH]1. The van der Waals surface area contributed by atoms with Gasteiger partial charge in [-0.2, -0.15) is 0 Å². The van der Waals surface area contributed by atoms with Crippen molar-refractivity contribution in [1.29, 1.82) is 0 Å². The smallest absolute Gasteiger partial charge is 0.267 e. The number of hydrogen-bond donors (Lipinski definition) is 2. The second-order valence-electron chi connectivity index (χ2n) is 3.19. The third-order valence-electron chi connectivity index (χ3n) is 2.09. The zero-order valence-corrected chi connectivity index (χ0v) is 9.86. The molecule has 17 heavy (non-hydrogen) atoms. The summed E-state index contributed by atoms with van der Waals surface area (Å²) in [4.78, 5) is 6.52. The van der Waals surface area contributed by atoms with Gasteiger partial charge in [0.05, 0.1) is 7.11 Å². The van der Waals surface area contributed by atoms with Gasteiger partial charge in [-0.25, -0.2) is 18.1 Å². The van der Waals surface area contributed by atoms with E-state index in [1.807, 2.05) is 0 Å². The molecule has 1 heterocycles. The van der Waals surface area contributed by atoms with Gasteiger partial charge in [0.2, 0.25) is 5.95 Å². The molecule has 0 fully saturated rings. The fraction of sp³-hybridized carbons (Fsp3) is 0.100. The first-order valence-corrected chi connectivity index (χ1v) is 6.27. The van der Waals surface area contributed by atoms with E-state index in [4.69, 9.17) is 4.74 Å². The lowest BCUT2D eigenvalue weighted by Gasteiger charge is -2.09. The number of imidazole rings is 1. The monoisotopic (exact) mass is 253 g/mol. The van der Waals surface area contributed by atoms with Crippen LogP contribution < -0.4 is 9.46 Å². The van der Waals surface area contributed by atoms with Crippen LogP contribution in [-0.2, 0) is 10.0 Å². The summed E-state index contributed by atoms with van der Waals surface area (Å²) in [6.45, 7) is 0. The summed E-state index contributed by atoms with van der Waals surface area (Å²) in [5, 5.41) is 0. The molecule has 0 radical (unpaired) electrons. The fourth-order valence-electron chi connectivity index (χ4n) is 1.34. The Hall–Kier alpha value is -2.02. The molecule has 0 saturated carbocycles. The van der Waals surface area contributed by atoms with E-state index in [0.717, 1.165) is 0 Å². The van der Waals surface area contributed by atoms with Gasteiger partial charge < -0.3 is 9.72 Å². The molecule has 0 unspecified atom stereocenters. The number of rotatable bonds is 4. The number of aromatic nitrogens is 2. The molecule has 2 aromatic rings. The predicted octanol–water partition coefficient (Wildman–Crippen LogP) is 1.22. The van der Waals surface area contributed by atoms with E-state index in [2.05, 4.69) is 14.7 Å². The summed E-state index contributed by atoms with van der Waals surface area (Å²) in [6.07, 6.45) is 2.99. The van der Waals surface area contributed by atoms with Gasteiger partial charge in [-0.05, 0) is 12.1 Å². The Kier molecular flexibility index (Phi) is 3.01. The van der Waals surface area contributed by atoms with Gasteiger partial charge >= 0.3 is 0 Å². The number of benzene rings is 1. The second kappa shape index (κ2) is 4.46. The molecule has 0 spiro atoms. The molecule has 90 valence electrons. The zero-order valence-electron chi connectivity index (χ0n) is 9.04. The molecule has 0 aliphatic carbocycles. The topological polar surface area (TPSA) is 84.1 Å². The van der Waals surface area contributed by atoms with Gasteiger partial charge in [-0.3, -0.25) is 0 Å². The summed E-state index contributed by atoms with van der Waals surface area (Å²) in [5.74, 6) is 0.447. The third kappa shape index (κ3) is 2.39. The molecule has 2 N–H and O–H groups in total. The number of para-hydroxylation sites is 1. The number of anilines is 1. The number of H-pyrrole nitrogens is 1. The van der Waals surface area contributed by atoms with Crippen molar-refractivity contribution < 1.29 is 13.2 Å². The minimum Gasteiger partial charge on any atom is -0.495 e. The fourth-order valence-corrected chi connectivity index (χ4v) is 2.49. The molecule has 0 aliphatic rings. The van der Waals surface area contributed by atoms with E-state index < -0.39 is 10.0 Å². The Morgan fingerprint density at radius 2 is 2.12 bits per heavy atom. The standard InChI is InChI=1S/C10H11N3O3S/c1-16-8-4-2-3-5-9(8)17(14,15)13-10-11-6-7-12-10/h2-7H,1H3,(H2,11,12,13). The van der Waals surface area contributed by atoms with Crippen molar-refractivity contribution in [2.24, 2.45) is 0 Å². The maximum atomic E-state index is 12.0. The van der Waals surface area contributed by atoms with Gasteiger partial charge in [-0.1, -0.05) is 12.1 Å². The number of methoxy groups -OCH3 is 1. The molecule has 7 heteroatoms. The van der Waals surface area contributed by atoms with Crippen LogP contribution in [0.1, 0.15) is 0 Å². The largest absolute Gasteiger partial charge is 0.495 e. The molecule has 1 aromatic carbocycles. The van der Waals surface area contributed by atoms with E-state index in [9.17, 15) is 8.42 Å². The summed E-state index contributed by atoms with van der Waals surface area (Å²) in [6, 6.07) is 6.37. The van der Waals surface area contributed by atoms with Crippen molar-refractivity contribution in [3.63, 3.8) is 0 Å². The number of nitrogens with zero attached hydrogens (tertiary/aromatic N) is 1. The van der Waals surface area contributed by atoms with E-state index in [1.165, 1.54) is 25.6 Å². The first-order chi connectivity index (χ1) is 8.13. The van der Waals surface area contributed by atoms with E-state index >= 15 is 0 Å². The zero-order chi connectivity index (χ0) is 12.3. The summed E-state index contributed by atoms with van der Waals surface area (Å²) >= 11 is 0. The molecular formula is C10H11N3O3S. The summed E-state index contributed by atoms with van der Waals surface area (Å²) in [7, 11) is -2.28. The number of hydrogen-bond acceptors (Lipinski definition) is 4. The highest BCUT2D eigenvalue weighted by atomic mass is 32.2. The average molecular weight is 253 g/mol. The van der Waals surface area contributed by atoms with Gasteiger partial charge in [-0.15, -0.1) is 0 Å². The molecule has 0 bridgehead atoms. The lowest BCUT2D eigenvalue weighted by Crippen LogP contribution is -2.14. The highest BCUT2D eigenvalue weighted by Gasteiger charge is 2.19. The number of aromatic amines is 1. The Labute approximate surface area is 98.7 Å². The molecular weight excluding hydrogens is 242 g/mol. The molecule has 0 amide bonds. The number of nitrogens with one attached hydrogen (secondary N) is 2. The molecule has 1 aromatic heterocycles. The maximum absolute atomic E-state index is 12.0. The molecule has 0 aliphatic heterocycles. The van der Waals surface area contributed by atoms with Crippen molar-refractivity contribution in [1.82, 2.24) is 9.97 Å². The van der Waals surface area contributed by atoms with Gasteiger partial charge in [0, 0.05) is 12.4 Å². The van der Waals surface area contributed by atoms with Crippen LogP contribution >= 0.6 is 0 Å². The predicted molar refractivity (Wildman–Crippen MR) is 62.4 cm³/mol. The van der Waals surface area contributed by atoms with E-state index in [0.29, 0.717) is 0 Å². The molecule has 0 atom stereocenters. The lowest BCUT2D eigenvalue weighted by atomic mass is 10.3. The van der Waals surface area contributed by atoms with Crippen molar-refractivity contribution >= 4 is 16.0 Å². The van der Waals surface area contributed by atoms with Crippen molar-refractivity contribution in [2.75, 3.05) is 11.8 Å². The van der Waals surface area contributed by atoms with Crippen LogP contribution in [0, 0.1) is 0 Å².